The fourth-order valence-electron chi connectivity index (χ4n) is 4.03. The van der Waals surface area contributed by atoms with Crippen LogP contribution >= 0.6 is 27.5 Å². The zero-order chi connectivity index (χ0) is 28.7. The zero-order valence-corrected chi connectivity index (χ0v) is 25.6. The van der Waals surface area contributed by atoms with Crippen LogP contribution in [0.3, 0.4) is 0 Å². The summed E-state index contributed by atoms with van der Waals surface area (Å²) in [5, 5.41) is 3.21. The maximum atomic E-state index is 14.0. The van der Waals surface area contributed by atoms with E-state index in [1.807, 2.05) is 38.1 Å². The molecule has 2 amide bonds. The summed E-state index contributed by atoms with van der Waals surface area (Å²) < 4.78 is 29.8. The summed E-state index contributed by atoms with van der Waals surface area (Å²) in [7, 11) is -4.16. The summed E-state index contributed by atoms with van der Waals surface area (Å²) in [6.07, 6.45) is 0.745. The maximum absolute atomic E-state index is 14.0. The fourth-order valence-corrected chi connectivity index (χ4v) is 6.12. The van der Waals surface area contributed by atoms with Crippen molar-refractivity contribution in [3.8, 4) is 0 Å². The van der Waals surface area contributed by atoms with E-state index in [0.717, 1.165) is 26.3 Å². The Hall–Kier alpha value is -2.88. The highest BCUT2D eigenvalue weighted by Gasteiger charge is 2.33. The molecule has 1 N–H and O–H groups in total. The highest BCUT2D eigenvalue weighted by Crippen LogP contribution is 2.31. The number of sulfonamides is 1. The molecule has 3 rings (SSSR count). The van der Waals surface area contributed by atoms with Gasteiger partial charge in [-0.15, -0.1) is 0 Å². The van der Waals surface area contributed by atoms with Crippen LogP contribution < -0.4 is 9.62 Å². The van der Waals surface area contributed by atoms with Gasteiger partial charge < -0.3 is 10.2 Å². The minimum atomic E-state index is -4.16. The Morgan fingerprint density at radius 1 is 1.03 bits per heavy atom. The fraction of sp³-hybridized carbons (Fsp3) is 0.310. The number of aryl methyl sites for hydroxylation is 1. The Labute approximate surface area is 244 Å². The number of halogens is 2. The van der Waals surface area contributed by atoms with Crippen molar-refractivity contribution in [3.05, 3.63) is 92.9 Å². The Kier molecular flexibility index (Phi) is 10.6. The van der Waals surface area contributed by atoms with Crippen LogP contribution in [0.5, 0.6) is 0 Å². The number of amides is 2. The van der Waals surface area contributed by atoms with Crippen molar-refractivity contribution < 1.29 is 18.0 Å². The lowest BCUT2D eigenvalue weighted by molar-refractivity contribution is -0.139. The lowest BCUT2D eigenvalue weighted by atomic mass is 10.1. The van der Waals surface area contributed by atoms with Gasteiger partial charge in [0.25, 0.3) is 10.0 Å². The molecule has 3 aromatic rings. The smallest absolute Gasteiger partial charge is 0.264 e. The average Bonchev–Trinajstić information content (AvgIpc) is 2.90. The lowest BCUT2D eigenvalue weighted by Crippen LogP contribution is -2.51. The van der Waals surface area contributed by atoms with Crippen molar-refractivity contribution >= 4 is 55.1 Å². The Balaban J connectivity index is 2.06. The number of benzene rings is 3. The minimum absolute atomic E-state index is 0.0487. The third kappa shape index (κ3) is 7.62. The molecule has 0 saturated heterocycles. The minimum Gasteiger partial charge on any atom is -0.354 e. The second kappa shape index (κ2) is 13.5. The normalized spacial score (nSPS) is 12.1. The molecule has 39 heavy (non-hydrogen) atoms. The third-order valence-electron chi connectivity index (χ3n) is 6.35. The predicted octanol–water partition coefficient (Wildman–Crippen LogP) is 5.86. The van der Waals surface area contributed by atoms with Crippen molar-refractivity contribution in [1.29, 1.82) is 0 Å². The summed E-state index contributed by atoms with van der Waals surface area (Å²) in [4.78, 5) is 28.4. The van der Waals surface area contributed by atoms with Gasteiger partial charge in [-0.25, -0.2) is 8.42 Å². The van der Waals surface area contributed by atoms with E-state index in [2.05, 4.69) is 21.2 Å². The van der Waals surface area contributed by atoms with E-state index in [1.54, 1.807) is 44.2 Å². The van der Waals surface area contributed by atoms with E-state index in [0.29, 0.717) is 22.8 Å². The van der Waals surface area contributed by atoms with Crippen LogP contribution in [0.15, 0.2) is 76.1 Å². The van der Waals surface area contributed by atoms with Crippen molar-refractivity contribution in [3.63, 3.8) is 0 Å². The largest absolute Gasteiger partial charge is 0.354 e. The van der Waals surface area contributed by atoms with Gasteiger partial charge in [-0.2, -0.15) is 0 Å². The standard InChI is InChI=1S/C29H33BrClN3O4S/c1-5-16-32-29(36)22(4)33(18-23-8-6-9-24(30)17-23)28(35)19-34(27-11-7-10-26(31)21(27)3)39(37,38)25-14-12-20(2)13-15-25/h6-15,17,22H,5,16,18-19H2,1-4H3,(H,32,36)/t22-/m1/s1. The molecular formula is C29H33BrClN3O4S. The molecule has 10 heteroatoms. The molecule has 0 saturated carbocycles. The number of nitrogens with one attached hydrogen (secondary N) is 1. The first kappa shape index (κ1) is 30.7. The van der Waals surface area contributed by atoms with Gasteiger partial charge in [0.15, 0.2) is 0 Å². The topological polar surface area (TPSA) is 86.8 Å². The number of nitrogens with zero attached hydrogens (tertiary/aromatic N) is 2. The molecule has 7 nitrogen and oxygen atoms in total. The Bertz CT molecular complexity index is 1430. The van der Waals surface area contributed by atoms with Crippen molar-refractivity contribution in [2.75, 3.05) is 17.4 Å². The molecule has 0 radical (unpaired) electrons. The number of carbonyl (C=O) groups excluding carboxylic acids is 2. The molecule has 0 aromatic heterocycles. The number of anilines is 1. The average molecular weight is 635 g/mol. The van der Waals surface area contributed by atoms with E-state index >= 15 is 0 Å². The van der Waals surface area contributed by atoms with Gasteiger partial charge in [-0.05, 0) is 74.7 Å². The van der Waals surface area contributed by atoms with Crippen LogP contribution in [0.25, 0.3) is 0 Å². The lowest BCUT2D eigenvalue weighted by Gasteiger charge is -2.32. The number of rotatable bonds is 11. The molecule has 208 valence electrons. The molecule has 0 fully saturated rings. The van der Waals surface area contributed by atoms with Crippen molar-refractivity contribution in [2.45, 2.75) is 51.6 Å². The molecule has 0 spiro atoms. The quantitative estimate of drug-likeness (QED) is 0.286. The Morgan fingerprint density at radius 2 is 1.69 bits per heavy atom. The number of hydrogen-bond donors (Lipinski definition) is 1. The summed E-state index contributed by atoms with van der Waals surface area (Å²) >= 11 is 9.81. The van der Waals surface area contributed by atoms with Gasteiger partial charge in [0.1, 0.15) is 12.6 Å². The van der Waals surface area contributed by atoms with E-state index in [9.17, 15) is 18.0 Å². The van der Waals surface area contributed by atoms with Crippen LogP contribution in [-0.4, -0.2) is 44.3 Å². The van der Waals surface area contributed by atoms with E-state index in [-0.39, 0.29) is 17.3 Å². The maximum Gasteiger partial charge on any atom is 0.264 e. The highest BCUT2D eigenvalue weighted by molar-refractivity contribution is 9.10. The van der Waals surface area contributed by atoms with Crippen molar-refractivity contribution in [1.82, 2.24) is 10.2 Å². The molecule has 0 aliphatic heterocycles. The molecule has 1 atom stereocenters. The summed E-state index contributed by atoms with van der Waals surface area (Å²) in [5.74, 6) is -0.837. The zero-order valence-electron chi connectivity index (χ0n) is 22.4. The Morgan fingerprint density at radius 3 is 2.33 bits per heavy atom. The van der Waals surface area contributed by atoms with E-state index < -0.39 is 28.5 Å². The van der Waals surface area contributed by atoms with Crippen LogP contribution in [0.1, 0.15) is 37.0 Å². The van der Waals surface area contributed by atoms with Crippen molar-refractivity contribution in [2.24, 2.45) is 0 Å². The van der Waals surface area contributed by atoms with Crippen LogP contribution in [0, 0.1) is 13.8 Å². The molecular weight excluding hydrogens is 602 g/mol. The van der Waals surface area contributed by atoms with Crippen LogP contribution in [0.2, 0.25) is 5.02 Å². The van der Waals surface area contributed by atoms with Crippen LogP contribution in [0.4, 0.5) is 5.69 Å². The first-order valence-electron chi connectivity index (χ1n) is 12.6. The SMILES string of the molecule is CCCNC(=O)[C@@H](C)N(Cc1cccc(Br)c1)C(=O)CN(c1cccc(Cl)c1C)S(=O)(=O)c1ccc(C)cc1. The second-order valence-corrected chi connectivity index (χ2v) is 12.5. The first-order valence-corrected chi connectivity index (χ1v) is 15.2. The van der Waals surface area contributed by atoms with Crippen LogP contribution in [-0.2, 0) is 26.2 Å². The molecule has 0 heterocycles. The number of carbonyl (C=O) groups is 2. The van der Waals surface area contributed by atoms with E-state index in [1.165, 1.54) is 17.0 Å². The van der Waals surface area contributed by atoms with Gasteiger partial charge in [0.2, 0.25) is 11.8 Å². The van der Waals surface area contributed by atoms with Gasteiger partial charge in [0, 0.05) is 22.6 Å². The first-order chi connectivity index (χ1) is 18.4. The molecule has 3 aromatic carbocycles. The molecule has 0 aliphatic rings. The van der Waals surface area contributed by atoms with Gasteiger partial charge >= 0.3 is 0 Å². The second-order valence-electron chi connectivity index (χ2n) is 9.33. The molecule has 0 unspecified atom stereocenters. The third-order valence-corrected chi connectivity index (χ3v) is 9.03. The van der Waals surface area contributed by atoms with Gasteiger partial charge in [-0.1, -0.05) is 70.3 Å². The molecule has 0 bridgehead atoms. The summed E-state index contributed by atoms with van der Waals surface area (Å²) in [5.41, 5.74) is 2.51. The monoisotopic (exact) mass is 633 g/mol. The number of hydrogen-bond acceptors (Lipinski definition) is 4. The van der Waals surface area contributed by atoms with E-state index in [4.69, 9.17) is 11.6 Å². The predicted molar refractivity (Wildman–Crippen MR) is 159 cm³/mol. The highest BCUT2D eigenvalue weighted by atomic mass is 79.9. The van der Waals surface area contributed by atoms with Gasteiger partial charge in [-0.3, -0.25) is 13.9 Å². The molecule has 0 aliphatic carbocycles. The van der Waals surface area contributed by atoms with Gasteiger partial charge in [0.05, 0.1) is 10.6 Å². The summed E-state index contributed by atoms with van der Waals surface area (Å²) in [6.45, 7) is 7.23. The summed E-state index contributed by atoms with van der Waals surface area (Å²) in [6, 6.07) is 18.0.